The Labute approximate surface area is 238 Å². The molecule has 4 nitrogen and oxygen atoms in total. The number of hydrogen-bond acceptors (Lipinski definition) is 4. The number of carboxylic acid groups (broad SMARTS) is 1. The molecule has 13 heteroatoms. The summed E-state index contributed by atoms with van der Waals surface area (Å²) < 4.78 is 113. The van der Waals surface area contributed by atoms with E-state index in [9.17, 15) is 45.0 Å². The van der Waals surface area contributed by atoms with E-state index in [2.05, 4.69) is 4.98 Å². The summed E-state index contributed by atoms with van der Waals surface area (Å²) in [5, 5.41) is 11.3. The molecule has 0 spiro atoms. The van der Waals surface area contributed by atoms with Gasteiger partial charge in [0.1, 0.15) is 18.2 Å². The van der Waals surface area contributed by atoms with Crippen molar-refractivity contribution in [2.24, 2.45) is 0 Å². The number of aromatic carboxylic acids is 1. The Balaban J connectivity index is 0.00000420. The molecule has 1 heterocycles. The Morgan fingerprint density at radius 2 is 1.54 bits per heavy atom. The molecule has 1 aliphatic rings. The summed E-state index contributed by atoms with van der Waals surface area (Å²) in [6.07, 6.45) is -8.03. The van der Waals surface area contributed by atoms with Gasteiger partial charge in [-0.25, -0.2) is 13.8 Å². The van der Waals surface area contributed by atoms with Gasteiger partial charge in [-0.15, -0.1) is 0 Å². The molecule has 0 atom stereocenters. The summed E-state index contributed by atoms with van der Waals surface area (Å²) in [4.78, 5) is 15.0. The molecule has 3 aromatic rings. The Hall–Kier alpha value is -2.96. The molecule has 0 aliphatic heterocycles. The Morgan fingerprint density at radius 3 is 2.15 bits per heavy atom. The number of carbonyl (C=O) groups excluding carboxylic acids is 1. The molecule has 0 bridgehead atoms. The zero-order chi connectivity index (χ0) is 27.8. The fourth-order valence-corrected chi connectivity index (χ4v) is 4.15. The smallest absolute Gasteiger partial charge is 0.545 e. The predicted octanol–water partition coefficient (Wildman–Crippen LogP) is 3.44. The molecule has 0 radical (unpaired) electrons. The van der Waals surface area contributed by atoms with Crippen LogP contribution in [0.1, 0.15) is 57.4 Å². The van der Waals surface area contributed by atoms with Gasteiger partial charge in [-0.3, -0.25) is 0 Å². The number of aromatic nitrogens is 1. The fourth-order valence-electron chi connectivity index (χ4n) is 4.15. The monoisotopic (exact) mass is 565 g/mol. The summed E-state index contributed by atoms with van der Waals surface area (Å²) in [6, 6.07) is 5.74. The number of carboxylic acids is 1. The number of carbonyl (C=O) groups is 1. The maximum absolute atomic E-state index is 14.3. The standard InChI is InChI=1S/C26H17F8NO3.Na/c27-21-7-5-13(8-20(21)24(36)37)17-2-1-3-18(17)19-9-16(26(32,33)34)11-35-23(19)38-12-14-4-6-15(10-22(14)28)25(29,30)31;/h4-11H,1-3,12H2,(H,36,37);/q;+1/p-1. The summed E-state index contributed by atoms with van der Waals surface area (Å²) in [7, 11) is 0. The minimum Gasteiger partial charge on any atom is -0.545 e. The van der Waals surface area contributed by atoms with Crippen molar-refractivity contribution in [1.29, 1.82) is 0 Å². The van der Waals surface area contributed by atoms with Gasteiger partial charge in [-0.2, -0.15) is 26.3 Å². The first-order chi connectivity index (χ1) is 17.8. The molecule has 0 fully saturated rings. The van der Waals surface area contributed by atoms with Crippen molar-refractivity contribution >= 4 is 17.1 Å². The van der Waals surface area contributed by atoms with Crippen LogP contribution in [-0.4, -0.2) is 11.0 Å². The molecule has 0 saturated carbocycles. The van der Waals surface area contributed by atoms with Crippen molar-refractivity contribution in [2.75, 3.05) is 0 Å². The molecule has 4 rings (SSSR count). The number of allylic oxidation sites excluding steroid dienone is 2. The van der Waals surface area contributed by atoms with E-state index in [0.717, 1.165) is 24.3 Å². The van der Waals surface area contributed by atoms with Gasteiger partial charge in [0, 0.05) is 22.9 Å². The normalized spacial score (nSPS) is 13.8. The minimum absolute atomic E-state index is 0. The van der Waals surface area contributed by atoms with Crippen molar-refractivity contribution in [3.63, 3.8) is 0 Å². The molecule has 0 amide bonds. The van der Waals surface area contributed by atoms with Crippen LogP contribution in [0.4, 0.5) is 35.1 Å². The Bertz CT molecular complexity index is 1430. The van der Waals surface area contributed by atoms with Gasteiger partial charge < -0.3 is 14.6 Å². The van der Waals surface area contributed by atoms with Crippen LogP contribution in [0.2, 0.25) is 0 Å². The SMILES string of the molecule is O=C([O-])c1cc(C2=C(c3cc(C(F)(F)F)cnc3OCc3ccc(C(F)(F)F)cc3F)CCC2)ccc1F.[Na+]. The van der Waals surface area contributed by atoms with Gasteiger partial charge in [-0.1, -0.05) is 12.1 Å². The Kier molecular flexibility index (Phi) is 9.13. The van der Waals surface area contributed by atoms with Crippen molar-refractivity contribution in [3.05, 3.63) is 93.7 Å². The third-order valence-electron chi connectivity index (χ3n) is 6.00. The summed E-state index contributed by atoms with van der Waals surface area (Å²) >= 11 is 0. The number of ether oxygens (including phenoxy) is 1. The molecule has 0 saturated heterocycles. The molecule has 1 aromatic heterocycles. The zero-order valence-corrected chi connectivity index (χ0v) is 22.1. The van der Waals surface area contributed by atoms with Gasteiger partial charge in [0.25, 0.3) is 0 Å². The van der Waals surface area contributed by atoms with Gasteiger partial charge in [0.15, 0.2) is 0 Å². The van der Waals surface area contributed by atoms with Crippen LogP contribution in [-0.2, 0) is 19.0 Å². The van der Waals surface area contributed by atoms with Crippen LogP contribution in [0.25, 0.3) is 11.1 Å². The fraction of sp³-hybridized carbons (Fsp3) is 0.231. The first-order valence-electron chi connectivity index (χ1n) is 11.0. The van der Waals surface area contributed by atoms with Gasteiger partial charge in [-0.05, 0) is 66.3 Å². The maximum Gasteiger partial charge on any atom is 1.00 e. The van der Waals surface area contributed by atoms with E-state index in [-0.39, 0.29) is 64.6 Å². The second kappa shape index (κ2) is 11.6. The van der Waals surface area contributed by atoms with Gasteiger partial charge >= 0.3 is 41.9 Å². The van der Waals surface area contributed by atoms with Crippen molar-refractivity contribution in [2.45, 2.75) is 38.2 Å². The van der Waals surface area contributed by atoms with E-state index in [0.29, 0.717) is 36.3 Å². The van der Waals surface area contributed by atoms with Crippen molar-refractivity contribution < 1.29 is 79.3 Å². The second-order valence-electron chi connectivity index (χ2n) is 8.46. The first kappa shape index (κ1) is 30.6. The second-order valence-corrected chi connectivity index (χ2v) is 8.46. The molecule has 1 aliphatic carbocycles. The molecule has 2 aromatic carbocycles. The van der Waals surface area contributed by atoms with Crippen molar-refractivity contribution in [1.82, 2.24) is 4.98 Å². The molecule has 200 valence electrons. The molecular formula is C26H16F8NNaO3. The Morgan fingerprint density at radius 1 is 0.872 bits per heavy atom. The van der Waals surface area contributed by atoms with E-state index in [1.54, 1.807) is 0 Å². The van der Waals surface area contributed by atoms with Gasteiger partial charge in [0.2, 0.25) is 5.88 Å². The first-order valence-corrected chi connectivity index (χ1v) is 11.0. The summed E-state index contributed by atoms with van der Waals surface area (Å²) in [6.45, 7) is -0.636. The van der Waals surface area contributed by atoms with E-state index in [1.807, 2.05) is 0 Å². The minimum atomic E-state index is -4.78. The summed E-state index contributed by atoms with van der Waals surface area (Å²) in [5.41, 5.74) is -2.46. The van der Waals surface area contributed by atoms with Crippen LogP contribution in [0.15, 0.2) is 48.7 Å². The van der Waals surface area contributed by atoms with Crippen LogP contribution in [0.3, 0.4) is 0 Å². The van der Waals surface area contributed by atoms with Crippen molar-refractivity contribution in [3.8, 4) is 5.88 Å². The topological polar surface area (TPSA) is 62.2 Å². The number of nitrogens with zero attached hydrogens (tertiary/aromatic N) is 1. The third kappa shape index (κ3) is 6.79. The van der Waals surface area contributed by atoms with E-state index < -0.39 is 53.3 Å². The van der Waals surface area contributed by atoms with Gasteiger partial charge in [0.05, 0.1) is 17.1 Å². The quantitative estimate of drug-likeness (QED) is 0.340. The largest absolute Gasteiger partial charge is 1.00 e. The number of rotatable bonds is 6. The summed E-state index contributed by atoms with van der Waals surface area (Å²) in [5.74, 6) is -4.38. The number of alkyl halides is 6. The number of benzene rings is 2. The van der Waals surface area contributed by atoms with Crippen LogP contribution < -0.4 is 39.4 Å². The average molecular weight is 565 g/mol. The molecular weight excluding hydrogens is 549 g/mol. The third-order valence-corrected chi connectivity index (χ3v) is 6.00. The van der Waals surface area contributed by atoms with E-state index >= 15 is 0 Å². The van der Waals surface area contributed by atoms with E-state index in [4.69, 9.17) is 4.74 Å². The van der Waals surface area contributed by atoms with Crippen LogP contribution in [0.5, 0.6) is 5.88 Å². The molecule has 39 heavy (non-hydrogen) atoms. The number of hydrogen-bond donors (Lipinski definition) is 0. The maximum atomic E-state index is 14.3. The average Bonchev–Trinajstić information content (AvgIpc) is 3.32. The van der Waals surface area contributed by atoms with Crippen LogP contribution >= 0.6 is 0 Å². The number of halogens is 8. The molecule has 0 N–H and O–H groups in total. The van der Waals surface area contributed by atoms with E-state index in [1.165, 1.54) is 6.07 Å². The predicted molar refractivity (Wildman–Crippen MR) is 116 cm³/mol. The van der Waals surface area contributed by atoms with Crippen LogP contribution in [0, 0.1) is 11.6 Å². The zero-order valence-electron chi connectivity index (χ0n) is 20.1. The molecule has 0 unspecified atom stereocenters. The number of pyridine rings is 1.